The molecule has 3 aromatic rings. The van der Waals surface area contributed by atoms with Crippen LogP contribution in [0.2, 0.25) is 0 Å². The maximum atomic E-state index is 13.7. The van der Waals surface area contributed by atoms with Crippen molar-refractivity contribution in [1.29, 1.82) is 0 Å². The predicted octanol–water partition coefficient (Wildman–Crippen LogP) is 5.39. The summed E-state index contributed by atoms with van der Waals surface area (Å²) < 4.78 is 11.7. The smallest absolute Gasteiger partial charge is 0.254 e. The summed E-state index contributed by atoms with van der Waals surface area (Å²) in [6.07, 6.45) is 0. The quantitative estimate of drug-likeness (QED) is 0.495. The number of amides is 2. The van der Waals surface area contributed by atoms with E-state index in [1.807, 2.05) is 42.6 Å². The van der Waals surface area contributed by atoms with E-state index in [-0.39, 0.29) is 11.8 Å². The van der Waals surface area contributed by atoms with E-state index in [9.17, 15) is 9.59 Å². The largest absolute Gasteiger partial charge is 0.493 e. The zero-order valence-electron chi connectivity index (χ0n) is 18.1. The molecule has 166 valence electrons. The molecule has 4 rings (SSSR count). The molecule has 1 N–H and O–H groups in total. The van der Waals surface area contributed by atoms with Gasteiger partial charge in [0.25, 0.3) is 5.91 Å². The number of halogens is 1. The van der Waals surface area contributed by atoms with Crippen LogP contribution in [0.25, 0.3) is 0 Å². The van der Waals surface area contributed by atoms with Crippen molar-refractivity contribution in [2.75, 3.05) is 26.6 Å². The molecule has 1 aliphatic rings. The Morgan fingerprint density at radius 1 is 1.12 bits per heavy atom. The summed E-state index contributed by atoms with van der Waals surface area (Å²) in [6, 6.07) is 12.6. The number of hydrogen-bond acceptors (Lipinski definition) is 5. The van der Waals surface area contributed by atoms with Gasteiger partial charge in [-0.2, -0.15) is 0 Å². The Morgan fingerprint density at radius 2 is 1.84 bits per heavy atom. The SMILES string of the molecule is COc1cc2c(cc1OC)[C@H](C(=O)Nc1ccc(C)cc1Br)[C@H](c1cccs1)N(C)C2=O. The fourth-order valence-corrected chi connectivity index (χ4v) is 5.58. The monoisotopic (exact) mass is 514 g/mol. The third kappa shape index (κ3) is 3.89. The molecule has 2 amide bonds. The van der Waals surface area contributed by atoms with Gasteiger partial charge < -0.3 is 19.7 Å². The maximum Gasteiger partial charge on any atom is 0.254 e. The fourth-order valence-electron chi connectivity index (χ4n) is 4.08. The molecule has 6 nitrogen and oxygen atoms in total. The highest BCUT2D eigenvalue weighted by Crippen LogP contribution is 2.47. The second-order valence-corrected chi connectivity index (χ2v) is 9.45. The number of benzene rings is 2. The number of rotatable bonds is 5. The fraction of sp³-hybridized carbons (Fsp3) is 0.250. The summed E-state index contributed by atoms with van der Waals surface area (Å²) in [7, 11) is 4.79. The minimum atomic E-state index is -0.639. The Morgan fingerprint density at radius 3 is 2.47 bits per heavy atom. The van der Waals surface area contributed by atoms with Crippen molar-refractivity contribution in [2.24, 2.45) is 0 Å². The number of carbonyl (C=O) groups excluding carboxylic acids is 2. The number of hydrogen-bond donors (Lipinski definition) is 1. The molecule has 0 spiro atoms. The Labute approximate surface area is 199 Å². The topological polar surface area (TPSA) is 67.9 Å². The van der Waals surface area contributed by atoms with Gasteiger partial charge in [-0.25, -0.2) is 0 Å². The molecule has 0 saturated heterocycles. The molecule has 0 radical (unpaired) electrons. The summed E-state index contributed by atoms with van der Waals surface area (Å²) >= 11 is 5.06. The van der Waals surface area contributed by atoms with Crippen LogP contribution in [-0.2, 0) is 4.79 Å². The van der Waals surface area contributed by atoms with Gasteiger partial charge in [0.15, 0.2) is 11.5 Å². The number of likely N-dealkylation sites (N-methyl/N-ethyl adjacent to an activating group) is 1. The van der Waals surface area contributed by atoms with E-state index in [0.29, 0.717) is 28.3 Å². The van der Waals surface area contributed by atoms with Crippen LogP contribution in [0.1, 0.15) is 38.3 Å². The lowest BCUT2D eigenvalue weighted by atomic mass is 9.81. The van der Waals surface area contributed by atoms with E-state index in [2.05, 4.69) is 21.2 Å². The van der Waals surface area contributed by atoms with Crippen molar-refractivity contribution in [2.45, 2.75) is 18.9 Å². The zero-order valence-corrected chi connectivity index (χ0v) is 20.5. The van der Waals surface area contributed by atoms with E-state index < -0.39 is 12.0 Å². The Kier molecular flexibility index (Phi) is 6.26. The number of aryl methyl sites for hydroxylation is 1. The number of methoxy groups -OCH3 is 2. The van der Waals surface area contributed by atoms with Gasteiger partial charge in [0.05, 0.1) is 31.9 Å². The lowest BCUT2D eigenvalue weighted by Gasteiger charge is -2.39. The molecule has 0 fully saturated rings. The highest BCUT2D eigenvalue weighted by atomic mass is 79.9. The van der Waals surface area contributed by atoms with Gasteiger partial charge in [0.1, 0.15) is 0 Å². The van der Waals surface area contributed by atoms with E-state index in [0.717, 1.165) is 14.9 Å². The summed E-state index contributed by atoms with van der Waals surface area (Å²) in [4.78, 5) is 29.6. The third-order valence-electron chi connectivity index (χ3n) is 5.67. The molecular formula is C24H23BrN2O4S. The molecule has 0 bridgehead atoms. The van der Waals surface area contributed by atoms with E-state index >= 15 is 0 Å². The molecule has 0 unspecified atom stereocenters. The first-order chi connectivity index (χ1) is 15.3. The molecule has 1 aliphatic heterocycles. The predicted molar refractivity (Wildman–Crippen MR) is 129 cm³/mol. The zero-order chi connectivity index (χ0) is 23.0. The van der Waals surface area contributed by atoms with Gasteiger partial charge >= 0.3 is 0 Å². The summed E-state index contributed by atoms with van der Waals surface area (Å²) in [5.41, 5.74) is 2.80. The highest BCUT2D eigenvalue weighted by molar-refractivity contribution is 9.10. The van der Waals surface area contributed by atoms with Crippen LogP contribution < -0.4 is 14.8 Å². The minimum Gasteiger partial charge on any atom is -0.493 e. The van der Waals surface area contributed by atoms with Crippen LogP contribution in [0.4, 0.5) is 5.69 Å². The lowest BCUT2D eigenvalue weighted by molar-refractivity contribution is -0.119. The molecule has 2 heterocycles. The average Bonchev–Trinajstić information content (AvgIpc) is 3.31. The van der Waals surface area contributed by atoms with Crippen molar-refractivity contribution < 1.29 is 19.1 Å². The number of ether oxygens (including phenoxy) is 2. The molecule has 0 saturated carbocycles. The molecule has 0 aliphatic carbocycles. The second-order valence-electron chi connectivity index (χ2n) is 7.62. The van der Waals surface area contributed by atoms with E-state index in [1.54, 1.807) is 24.1 Å². The van der Waals surface area contributed by atoms with Crippen molar-refractivity contribution in [3.63, 3.8) is 0 Å². The summed E-state index contributed by atoms with van der Waals surface area (Å²) in [5, 5.41) is 5.00. The van der Waals surface area contributed by atoms with Crippen LogP contribution >= 0.6 is 27.3 Å². The Balaban J connectivity index is 1.86. The number of fused-ring (bicyclic) bond motifs is 1. The summed E-state index contributed by atoms with van der Waals surface area (Å²) in [5.74, 6) is -0.0917. The van der Waals surface area contributed by atoms with E-state index in [1.165, 1.54) is 25.6 Å². The first kappa shape index (κ1) is 22.4. The Hall–Kier alpha value is -2.84. The highest BCUT2D eigenvalue weighted by Gasteiger charge is 2.44. The molecular weight excluding hydrogens is 492 g/mol. The van der Waals surface area contributed by atoms with Crippen molar-refractivity contribution in [3.8, 4) is 11.5 Å². The van der Waals surface area contributed by atoms with Gasteiger partial charge in [-0.3, -0.25) is 9.59 Å². The second kappa shape index (κ2) is 8.96. The number of nitrogens with zero attached hydrogens (tertiary/aromatic N) is 1. The van der Waals surface area contributed by atoms with Crippen molar-refractivity contribution in [1.82, 2.24) is 4.90 Å². The van der Waals surface area contributed by atoms with Crippen molar-refractivity contribution in [3.05, 3.63) is 73.9 Å². The Bertz CT molecular complexity index is 1180. The number of anilines is 1. The molecule has 1 aromatic heterocycles. The standard InChI is InChI=1S/C24H23BrN2O4S/c1-13-7-8-17(16(25)10-13)26-23(28)21-14-11-18(30-3)19(31-4)12-15(14)24(29)27(2)22(21)20-6-5-9-32-20/h5-12,21-22H,1-4H3,(H,26,28)/t21-,22-/m0/s1. The molecule has 32 heavy (non-hydrogen) atoms. The molecule has 2 atom stereocenters. The van der Waals surface area contributed by atoms with Crippen LogP contribution in [0.15, 0.2) is 52.3 Å². The van der Waals surface area contributed by atoms with Crippen molar-refractivity contribution >= 4 is 44.8 Å². The number of thiophene rings is 1. The lowest BCUT2D eigenvalue weighted by Crippen LogP contribution is -2.43. The average molecular weight is 515 g/mol. The normalized spacial score (nSPS) is 17.7. The van der Waals surface area contributed by atoms with Gasteiger partial charge in [0, 0.05) is 22.0 Å². The van der Waals surface area contributed by atoms with Crippen LogP contribution in [0.3, 0.4) is 0 Å². The first-order valence-electron chi connectivity index (χ1n) is 9.99. The molecule has 2 aromatic carbocycles. The minimum absolute atomic E-state index is 0.167. The third-order valence-corrected chi connectivity index (χ3v) is 7.27. The molecule has 8 heteroatoms. The van der Waals surface area contributed by atoms with Crippen LogP contribution in [0, 0.1) is 6.92 Å². The first-order valence-corrected chi connectivity index (χ1v) is 11.7. The van der Waals surface area contributed by atoms with Crippen LogP contribution in [0.5, 0.6) is 11.5 Å². The summed E-state index contributed by atoms with van der Waals surface area (Å²) in [6.45, 7) is 1.99. The van der Waals surface area contributed by atoms with Gasteiger partial charge in [0.2, 0.25) is 5.91 Å². The number of carbonyl (C=O) groups is 2. The van der Waals surface area contributed by atoms with Gasteiger partial charge in [-0.1, -0.05) is 12.1 Å². The van der Waals surface area contributed by atoms with Gasteiger partial charge in [-0.05, 0) is 69.7 Å². The maximum absolute atomic E-state index is 13.7. The number of nitrogens with one attached hydrogen (secondary N) is 1. The van der Waals surface area contributed by atoms with Crippen LogP contribution in [-0.4, -0.2) is 38.0 Å². The van der Waals surface area contributed by atoms with E-state index in [4.69, 9.17) is 9.47 Å². The van der Waals surface area contributed by atoms with Gasteiger partial charge in [-0.15, -0.1) is 11.3 Å².